The Balaban J connectivity index is 1.55. The Morgan fingerprint density at radius 1 is 1.06 bits per heavy atom. The Morgan fingerprint density at radius 3 is 2.35 bits per heavy atom. The molecule has 0 bridgehead atoms. The number of anilines is 1. The van der Waals surface area contributed by atoms with E-state index < -0.39 is 0 Å². The second-order valence-corrected chi connectivity index (χ2v) is 5.74. The van der Waals surface area contributed by atoms with Gasteiger partial charge in [0, 0.05) is 55.5 Å². The minimum absolute atomic E-state index is 0.765. The molecule has 2 aliphatic heterocycles. The van der Waals surface area contributed by atoms with Gasteiger partial charge in [-0.15, -0.1) is 0 Å². The fourth-order valence-electron chi connectivity index (χ4n) is 2.60. The highest BCUT2D eigenvalue weighted by molar-refractivity contribution is 9.10. The molecule has 92 valence electrons. The molecule has 1 aromatic carbocycles. The topological polar surface area (TPSA) is 18.5 Å². The fourth-order valence-corrected chi connectivity index (χ4v) is 2.86. The average Bonchev–Trinajstić information content (AvgIpc) is 2.31. The second-order valence-electron chi connectivity index (χ2n) is 4.82. The largest absolute Gasteiger partial charge is 0.368 e. The molecule has 3 rings (SSSR count). The van der Waals surface area contributed by atoms with E-state index >= 15 is 0 Å². The number of hydrogen-bond acceptors (Lipinski definition) is 3. The molecule has 2 heterocycles. The van der Waals surface area contributed by atoms with Crippen LogP contribution in [0, 0.1) is 0 Å². The molecule has 1 aromatic rings. The van der Waals surface area contributed by atoms with Crippen LogP contribution in [-0.2, 0) is 0 Å². The highest BCUT2D eigenvalue weighted by atomic mass is 79.9. The first-order valence-electron chi connectivity index (χ1n) is 6.28. The van der Waals surface area contributed by atoms with Crippen LogP contribution in [0.15, 0.2) is 28.7 Å². The monoisotopic (exact) mass is 295 g/mol. The van der Waals surface area contributed by atoms with Crippen molar-refractivity contribution in [2.45, 2.75) is 6.04 Å². The van der Waals surface area contributed by atoms with Gasteiger partial charge in [0.1, 0.15) is 0 Å². The summed E-state index contributed by atoms with van der Waals surface area (Å²) in [6, 6.07) is 9.39. The number of benzene rings is 1. The van der Waals surface area contributed by atoms with Gasteiger partial charge in [-0.3, -0.25) is 4.90 Å². The summed E-state index contributed by atoms with van der Waals surface area (Å²) in [4.78, 5) is 5.07. The summed E-state index contributed by atoms with van der Waals surface area (Å²) >= 11 is 3.48. The summed E-state index contributed by atoms with van der Waals surface area (Å²) in [6.07, 6.45) is 0. The van der Waals surface area contributed by atoms with Gasteiger partial charge in [0.15, 0.2) is 0 Å². The molecule has 0 aliphatic carbocycles. The van der Waals surface area contributed by atoms with Crippen LogP contribution >= 0.6 is 15.9 Å². The predicted molar refractivity (Wildman–Crippen MR) is 74.6 cm³/mol. The minimum atomic E-state index is 0.765. The van der Waals surface area contributed by atoms with Gasteiger partial charge in [-0.2, -0.15) is 0 Å². The van der Waals surface area contributed by atoms with Crippen molar-refractivity contribution in [3.8, 4) is 0 Å². The number of hydrogen-bond donors (Lipinski definition) is 1. The number of nitrogens with zero attached hydrogens (tertiary/aromatic N) is 2. The third-order valence-electron chi connectivity index (χ3n) is 3.72. The van der Waals surface area contributed by atoms with E-state index in [0.29, 0.717) is 0 Å². The van der Waals surface area contributed by atoms with Crippen molar-refractivity contribution in [3.63, 3.8) is 0 Å². The van der Waals surface area contributed by atoms with E-state index in [1.807, 2.05) is 0 Å². The second kappa shape index (κ2) is 4.96. The summed E-state index contributed by atoms with van der Waals surface area (Å²) in [7, 11) is 0. The molecule has 0 spiro atoms. The first-order valence-corrected chi connectivity index (χ1v) is 7.07. The van der Waals surface area contributed by atoms with Crippen LogP contribution < -0.4 is 10.2 Å². The highest BCUT2D eigenvalue weighted by Gasteiger charge is 2.32. The van der Waals surface area contributed by atoms with Gasteiger partial charge in [-0.05, 0) is 24.3 Å². The number of piperazine rings is 1. The molecule has 4 heteroatoms. The minimum Gasteiger partial charge on any atom is -0.368 e. The Morgan fingerprint density at radius 2 is 1.71 bits per heavy atom. The Hall–Kier alpha value is -0.580. The lowest BCUT2D eigenvalue weighted by Crippen LogP contribution is -2.62. The molecular formula is C13H18BrN3. The van der Waals surface area contributed by atoms with Crippen molar-refractivity contribution >= 4 is 21.6 Å². The van der Waals surface area contributed by atoms with E-state index in [-0.39, 0.29) is 0 Å². The quantitative estimate of drug-likeness (QED) is 0.893. The average molecular weight is 296 g/mol. The zero-order chi connectivity index (χ0) is 11.7. The van der Waals surface area contributed by atoms with Gasteiger partial charge in [0.25, 0.3) is 0 Å². The van der Waals surface area contributed by atoms with E-state index in [1.54, 1.807) is 0 Å². The molecule has 0 aromatic heterocycles. The van der Waals surface area contributed by atoms with Crippen molar-refractivity contribution in [3.05, 3.63) is 28.7 Å². The van der Waals surface area contributed by atoms with Gasteiger partial charge in [0.2, 0.25) is 0 Å². The summed E-state index contributed by atoms with van der Waals surface area (Å²) < 4.78 is 1.15. The Kier molecular flexibility index (Phi) is 3.36. The lowest BCUT2D eigenvalue weighted by molar-refractivity contribution is 0.147. The lowest BCUT2D eigenvalue weighted by Gasteiger charge is -2.48. The molecule has 2 aliphatic rings. The SMILES string of the molecule is Brc1ccc(N2CC(N3CCNCC3)C2)cc1. The molecule has 0 unspecified atom stereocenters. The molecule has 0 radical (unpaired) electrons. The van der Waals surface area contributed by atoms with Gasteiger partial charge in [-0.25, -0.2) is 0 Å². The van der Waals surface area contributed by atoms with Crippen molar-refractivity contribution in [2.24, 2.45) is 0 Å². The van der Waals surface area contributed by atoms with Crippen molar-refractivity contribution in [1.82, 2.24) is 10.2 Å². The highest BCUT2D eigenvalue weighted by Crippen LogP contribution is 2.25. The molecule has 0 amide bonds. The third-order valence-corrected chi connectivity index (χ3v) is 4.25. The van der Waals surface area contributed by atoms with Crippen LogP contribution in [-0.4, -0.2) is 50.2 Å². The molecular weight excluding hydrogens is 278 g/mol. The summed E-state index contributed by atoms with van der Waals surface area (Å²) in [5.41, 5.74) is 1.35. The zero-order valence-electron chi connectivity index (χ0n) is 9.90. The van der Waals surface area contributed by atoms with Crippen molar-refractivity contribution < 1.29 is 0 Å². The molecule has 3 nitrogen and oxygen atoms in total. The van der Waals surface area contributed by atoms with Crippen LogP contribution in [0.25, 0.3) is 0 Å². The first kappa shape index (κ1) is 11.5. The van der Waals surface area contributed by atoms with Crippen molar-refractivity contribution in [2.75, 3.05) is 44.2 Å². The third kappa shape index (κ3) is 2.49. The lowest BCUT2D eigenvalue weighted by atomic mass is 10.0. The maximum absolute atomic E-state index is 3.48. The smallest absolute Gasteiger partial charge is 0.0447 e. The van der Waals surface area contributed by atoms with Gasteiger partial charge >= 0.3 is 0 Å². The van der Waals surface area contributed by atoms with Crippen molar-refractivity contribution in [1.29, 1.82) is 0 Å². The first-order chi connectivity index (χ1) is 8.33. The number of rotatable bonds is 2. The predicted octanol–water partition coefficient (Wildman–Crippen LogP) is 1.54. The molecule has 0 saturated carbocycles. The standard InChI is InChI=1S/C13H18BrN3/c14-11-1-3-12(4-2-11)17-9-13(10-17)16-7-5-15-6-8-16/h1-4,13,15H,5-10H2. The molecule has 0 atom stereocenters. The zero-order valence-corrected chi connectivity index (χ0v) is 11.5. The summed E-state index contributed by atoms with van der Waals surface area (Å²) in [5.74, 6) is 0. The van der Waals surface area contributed by atoms with Crippen LogP contribution in [0.4, 0.5) is 5.69 Å². The van der Waals surface area contributed by atoms with E-state index in [2.05, 4.69) is 55.3 Å². The number of halogens is 1. The fraction of sp³-hybridized carbons (Fsp3) is 0.538. The van der Waals surface area contributed by atoms with E-state index in [9.17, 15) is 0 Å². The van der Waals surface area contributed by atoms with Gasteiger partial charge in [0.05, 0.1) is 0 Å². The molecule has 2 saturated heterocycles. The molecule has 2 fully saturated rings. The van der Waals surface area contributed by atoms with Crippen LogP contribution in [0.1, 0.15) is 0 Å². The van der Waals surface area contributed by atoms with Crippen LogP contribution in [0.3, 0.4) is 0 Å². The molecule has 17 heavy (non-hydrogen) atoms. The van der Waals surface area contributed by atoms with E-state index in [0.717, 1.165) is 23.6 Å². The van der Waals surface area contributed by atoms with E-state index in [1.165, 1.54) is 31.9 Å². The van der Waals surface area contributed by atoms with E-state index in [4.69, 9.17) is 0 Å². The Bertz CT molecular complexity index is 367. The van der Waals surface area contributed by atoms with Crippen LogP contribution in [0.2, 0.25) is 0 Å². The number of nitrogens with one attached hydrogen (secondary N) is 1. The van der Waals surface area contributed by atoms with Gasteiger partial charge < -0.3 is 10.2 Å². The molecule has 1 N–H and O–H groups in total. The van der Waals surface area contributed by atoms with Crippen LogP contribution in [0.5, 0.6) is 0 Å². The maximum atomic E-state index is 3.48. The van der Waals surface area contributed by atoms with Gasteiger partial charge in [-0.1, -0.05) is 15.9 Å². The normalized spacial score (nSPS) is 22.5. The summed E-state index contributed by atoms with van der Waals surface area (Å²) in [5, 5.41) is 3.41. The maximum Gasteiger partial charge on any atom is 0.0447 e. The Labute approximate surface area is 111 Å². The summed E-state index contributed by atoms with van der Waals surface area (Å²) in [6.45, 7) is 7.07.